The van der Waals surface area contributed by atoms with Gasteiger partial charge in [-0.25, -0.2) is 0 Å². The third-order valence-corrected chi connectivity index (χ3v) is 5.52. The first-order valence-corrected chi connectivity index (χ1v) is 8.03. The summed E-state index contributed by atoms with van der Waals surface area (Å²) in [6.45, 7) is 0.687. The van der Waals surface area contributed by atoms with Crippen molar-refractivity contribution in [2.75, 3.05) is 0 Å². The predicted molar refractivity (Wildman–Crippen MR) is 84.8 cm³/mol. The van der Waals surface area contributed by atoms with Crippen LogP contribution in [0.1, 0.15) is 24.8 Å². The van der Waals surface area contributed by atoms with Crippen molar-refractivity contribution >= 4 is 28.5 Å². The number of carboxylic acids is 1. The molecule has 4 rings (SSSR count). The number of aliphatic carboxylic acids is 1. The molecule has 0 aliphatic carbocycles. The van der Waals surface area contributed by atoms with E-state index in [9.17, 15) is 9.90 Å². The van der Waals surface area contributed by atoms with Gasteiger partial charge in [-0.3, -0.25) is 14.7 Å². The summed E-state index contributed by atoms with van der Waals surface area (Å²) in [5.74, 6) is -0.903. The fourth-order valence-electron chi connectivity index (χ4n) is 4.13. The van der Waals surface area contributed by atoms with E-state index in [2.05, 4.69) is 9.88 Å². The van der Waals surface area contributed by atoms with E-state index in [1.165, 1.54) is 0 Å². The van der Waals surface area contributed by atoms with Crippen molar-refractivity contribution in [2.45, 2.75) is 37.9 Å². The highest BCUT2D eigenvalue weighted by Gasteiger charge is 2.49. The van der Waals surface area contributed by atoms with Crippen LogP contribution in [0.3, 0.4) is 0 Å². The van der Waals surface area contributed by atoms with Crippen molar-refractivity contribution in [3.05, 3.63) is 41.0 Å². The molecule has 5 heteroatoms. The van der Waals surface area contributed by atoms with Gasteiger partial charge in [0.25, 0.3) is 0 Å². The Morgan fingerprint density at radius 1 is 1.36 bits per heavy atom. The quantitative estimate of drug-likeness (QED) is 0.943. The normalized spacial score (nSPS) is 27.6. The van der Waals surface area contributed by atoms with Crippen molar-refractivity contribution < 1.29 is 9.90 Å². The predicted octanol–water partition coefficient (Wildman–Crippen LogP) is 3.33. The number of nitrogens with zero attached hydrogens (tertiary/aromatic N) is 2. The molecular formula is C17H17ClN2O2. The maximum atomic E-state index is 11.4. The van der Waals surface area contributed by atoms with Crippen LogP contribution in [0.4, 0.5) is 0 Å². The Morgan fingerprint density at radius 2 is 2.23 bits per heavy atom. The lowest BCUT2D eigenvalue weighted by atomic mass is 9.89. The highest BCUT2D eigenvalue weighted by molar-refractivity contribution is 6.32. The van der Waals surface area contributed by atoms with E-state index in [1.807, 2.05) is 24.3 Å². The maximum absolute atomic E-state index is 11.4. The number of fused-ring (bicyclic) bond motifs is 3. The Balaban J connectivity index is 1.70. The van der Waals surface area contributed by atoms with Gasteiger partial charge in [0, 0.05) is 40.8 Å². The lowest BCUT2D eigenvalue weighted by Gasteiger charge is -2.23. The van der Waals surface area contributed by atoms with E-state index in [1.54, 1.807) is 6.20 Å². The van der Waals surface area contributed by atoms with Gasteiger partial charge >= 0.3 is 5.97 Å². The number of aromatic nitrogens is 1. The summed E-state index contributed by atoms with van der Waals surface area (Å²) >= 11 is 6.41. The van der Waals surface area contributed by atoms with Crippen LogP contribution >= 0.6 is 11.6 Å². The van der Waals surface area contributed by atoms with E-state index in [-0.39, 0.29) is 12.0 Å². The Labute approximate surface area is 133 Å². The highest BCUT2D eigenvalue weighted by atomic mass is 35.5. The zero-order valence-corrected chi connectivity index (χ0v) is 12.8. The van der Waals surface area contributed by atoms with Gasteiger partial charge in [-0.1, -0.05) is 23.7 Å². The first-order valence-electron chi connectivity index (χ1n) is 7.66. The first-order chi connectivity index (χ1) is 10.6. The van der Waals surface area contributed by atoms with E-state index in [0.29, 0.717) is 17.6 Å². The fraction of sp³-hybridized carbons (Fsp3) is 0.412. The monoisotopic (exact) mass is 316 g/mol. The largest absolute Gasteiger partial charge is 0.481 e. The SMILES string of the molecule is O=C(O)C1CC2CCC1N2Cc1c(Cl)ccc2cccnc12. The van der Waals surface area contributed by atoms with E-state index in [0.717, 1.165) is 35.7 Å². The third kappa shape index (κ3) is 2.09. The van der Waals surface area contributed by atoms with Crippen LogP contribution in [0.2, 0.25) is 5.02 Å². The maximum Gasteiger partial charge on any atom is 0.308 e. The lowest BCUT2D eigenvalue weighted by molar-refractivity contribution is -0.142. The summed E-state index contributed by atoms with van der Waals surface area (Å²) in [5, 5.41) is 11.2. The van der Waals surface area contributed by atoms with Gasteiger partial charge in [0.1, 0.15) is 0 Å². The second kappa shape index (κ2) is 5.21. The highest BCUT2D eigenvalue weighted by Crippen LogP contribution is 2.43. The summed E-state index contributed by atoms with van der Waals surface area (Å²) in [4.78, 5) is 18.2. The van der Waals surface area contributed by atoms with Crippen molar-refractivity contribution in [2.24, 2.45) is 5.92 Å². The molecule has 2 aliphatic heterocycles. The van der Waals surface area contributed by atoms with Gasteiger partial charge in [-0.2, -0.15) is 0 Å². The molecule has 1 aromatic carbocycles. The molecule has 3 unspecified atom stereocenters. The van der Waals surface area contributed by atoms with Gasteiger partial charge in [0.05, 0.1) is 11.4 Å². The van der Waals surface area contributed by atoms with Crippen LogP contribution in [0.5, 0.6) is 0 Å². The minimum atomic E-state index is -0.667. The van der Waals surface area contributed by atoms with Crippen LogP contribution < -0.4 is 0 Å². The van der Waals surface area contributed by atoms with Gasteiger partial charge < -0.3 is 5.11 Å². The molecule has 0 saturated carbocycles. The smallest absolute Gasteiger partial charge is 0.308 e. The number of carboxylic acid groups (broad SMARTS) is 1. The number of pyridine rings is 1. The Morgan fingerprint density at radius 3 is 3.00 bits per heavy atom. The number of carbonyl (C=O) groups is 1. The molecule has 2 aliphatic rings. The summed E-state index contributed by atoms with van der Waals surface area (Å²) in [7, 11) is 0. The van der Waals surface area contributed by atoms with Gasteiger partial charge in [-0.05, 0) is 31.4 Å². The lowest BCUT2D eigenvalue weighted by Crippen LogP contribution is -2.32. The van der Waals surface area contributed by atoms with Crippen molar-refractivity contribution in [3.8, 4) is 0 Å². The Kier molecular flexibility index (Phi) is 3.31. The van der Waals surface area contributed by atoms with Crippen molar-refractivity contribution in [1.29, 1.82) is 0 Å². The molecule has 3 atom stereocenters. The van der Waals surface area contributed by atoms with Gasteiger partial charge in [0.15, 0.2) is 0 Å². The molecule has 2 bridgehead atoms. The van der Waals surface area contributed by atoms with Gasteiger partial charge in [0.2, 0.25) is 0 Å². The van der Waals surface area contributed by atoms with E-state index < -0.39 is 5.97 Å². The van der Waals surface area contributed by atoms with E-state index in [4.69, 9.17) is 11.6 Å². The molecule has 2 aromatic rings. The zero-order valence-electron chi connectivity index (χ0n) is 12.1. The van der Waals surface area contributed by atoms with Crippen molar-refractivity contribution in [3.63, 3.8) is 0 Å². The number of hydrogen-bond acceptors (Lipinski definition) is 3. The van der Waals surface area contributed by atoms with Crippen LogP contribution in [0.25, 0.3) is 10.9 Å². The van der Waals surface area contributed by atoms with Gasteiger partial charge in [-0.15, -0.1) is 0 Å². The minimum absolute atomic E-state index is 0.137. The molecule has 0 radical (unpaired) electrons. The Hall–Kier alpha value is -1.65. The molecule has 22 heavy (non-hydrogen) atoms. The number of hydrogen-bond donors (Lipinski definition) is 1. The van der Waals surface area contributed by atoms with E-state index >= 15 is 0 Å². The average Bonchev–Trinajstić information content (AvgIpc) is 3.07. The summed E-state index contributed by atoms with van der Waals surface area (Å²) in [5.41, 5.74) is 1.94. The molecular weight excluding hydrogens is 300 g/mol. The average molecular weight is 317 g/mol. The number of benzene rings is 1. The standard InChI is InChI=1S/C17H17ClN2O2/c18-14-5-3-10-2-1-7-19-16(10)13(14)9-20-11-4-6-15(20)12(8-11)17(21)22/h1-3,5,7,11-12,15H,4,6,8-9H2,(H,21,22). The number of rotatable bonds is 3. The minimum Gasteiger partial charge on any atom is -0.481 e. The molecule has 114 valence electrons. The molecule has 0 spiro atoms. The first kappa shape index (κ1) is 14.0. The molecule has 2 saturated heterocycles. The van der Waals surface area contributed by atoms with Crippen LogP contribution in [0, 0.1) is 5.92 Å². The molecule has 4 nitrogen and oxygen atoms in total. The topological polar surface area (TPSA) is 53.4 Å². The molecule has 0 amide bonds. The Bertz CT molecular complexity index is 749. The third-order valence-electron chi connectivity index (χ3n) is 5.16. The second-order valence-electron chi connectivity index (χ2n) is 6.25. The van der Waals surface area contributed by atoms with Crippen LogP contribution in [0.15, 0.2) is 30.5 Å². The summed E-state index contributed by atoms with van der Waals surface area (Å²) in [6, 6.07) is 8.33. The molecule has 1 aromatic heterocycles. The molecule has 1 N–H and O–H groups in total. The summed E-state index contributed by atoms with van der Waals surface area (Å²) in [6.07, 6.45) is 4.60. The van der Waals surface area contributed by atoms with Crippen LogP contribution in [-0.2, 0) is 11.3 Å². The number of halogens is 1. The molecule has 3 heterocycles. The van der Waals surface area contributed by atoms with Crippen molar-refractivity contribution in [1.82, 2.24) is 9.88 Å². The fourth-order valence-corrected chi connectivity index (χ4v) is 4.34. The zero-order chi connectivity index (χ0) is 15.3. The second-order valence-corrected chi connectivity index (χ2v) is 6.66. The summed E-state index contributed by atoms with van der Waals surface area (Å²) < 4.78 is 0. The van der Waals surface area contributed by atoms with Crippen LogP contribution in [-0.4, -0.2) is 33.0 Å². The molecule has 2 fully saturated rings.